The van der Waals surface area contributed by atoms with Crippen molar-refractivity contribution in [2.24, 2.45) is 17.3 Å². The maximum atomic E-state index is 14.0. The predicted molar refractivity (Wildman–Crippen MR) is 134 cm³/mol. The minimum Gasteiger partial charge on any atom is -0.465 e. The molecule has 6 heteroatoms. The van der Waals surface area contributed by atoms with E-state index in [2.05, 4.69) is 39.5 Å². The van der Waals surface area contributed by atoms with Crippen LogP contribution in [0.25, 0.3) is 0 Å². The highest BCUT2D eigenvalue weighted by molar-refractivity contribution is 7.15. The third kappa shape index (κ3) is 6.61. The second-order valence-electron chi connectivity index (χ2n) is 10.6. The lowest BCUT2D eigenvalue weighted by atomic mass is 9.81. The normalized spacial score (nSPS) is 25.6. The number of amides is 1. The molecule has 2 fully saturated rings. The fourth-order valence-corrected chi connectivity index (χ4v) is 5.77. The standard InChI is InChI=1S/C27H39NO4S/c1-18-7-9-19(10-8-18)25(29)28(20-11-13-21(31-5)14-12-20)23-17-22(15-16-27(2,3)4)33-24(23)26(30)32-6/h17-21H,7-14H2,1-6H3/t18-,19-,20-,21-. The zero-order chi connectivity index (χ0) is 24.2. The van der Waals surface area contributed by atoms with Gasteiger partial charge in [0.05, 0.1) is 23.8 Å². The maximum absolute atomic E-state index is 14.0. The summed E-state index contributed by atoms with van der Waals surface area (Å²) in [6, 6.07) is 1.99. The van der Waals surface area contributed by atoms with Crippen LogP contribution in [0.5, 0.6) is 0 Å². The van der Waals surface area contributed by atoms with Gasteiger partial charge in [0.1, 0.15) is 4.88 Å². The van der Waals surface area contributed by atoms with Gasteiger partial charge in [0.25, 0.3) is 0 Å². The van der Waals surface area contributed by atoms with E-state index in [4.69, 9.17) is 9.47 Å². The second kappa shape index (κ2) is 11.1. The molecule has 182 valence electrons. The van der Waals surface area contributed by atoms with Crippen LogP contribution in [-0.2, 0) is 14.3 Å². The van der Waals surface area contributed by atoms with Crippen molar-refractivity contribution in [3.8, 4) is 11.8 Å². The van der Waals surface area contributed by atoms with Crippen molar-refractivity contribution < 1.29 is 19.1 Å². The predicted octanol–water partition coefficient (Wildman–Crippen LogP) is 6.05. The van der Waals surface area contributed by atoms with Gasteiger partial charge in [0.15, 0.2) is 0 Å². The lowest BCUT2D eigenvalue weighted by Gasteiger charge is -2.39. The van der Waals surface area contributed by atoms with E-state index in [-0.39, 0.29) is 29.4 Å². The molecule has 0 spiro atoms. The van der Waals surface area contributed by atoms with Gasteiger partial charge in [-0.15, -0.1) is 11.3 Å². The molecule has 0 aromatic carbocycles. The molecule has 0 aliphatic heterocycles. The molecule has 1 aromatic heterocycles. The number of anilines is 1. The Balaban J connectivity index is 2.01. The number of hydrogen-bond donors (Lipinski definition) is 0. The van der Waals surface area contributed by atoms with Crippen LogP contribution in [0.4, 0.5) is 5.69 Å². The fourth-order valence-electron chi connectivity index (χ4n) is 4.85. The topological polar surface area (TPSA) is 55.8 Å². The first-order chi connectivity index (χ1) is 15.6. The molecule has 0 saturated heterocycles. The number of carbonyl (C=O) groups excluding carboxylic acids is 2. The molecule has 0 N–H and O–H groups in total. The first-order valence-corrected chi connectivity index (χ1v) is 13.1. The van der Waals surface area contributed by atoms with E-state index < -0.39 is 5.97 Å². The van der Waals surface area contributed by atoms with Crippen LogP contribution in [0.3, 0.4) is 0 Å². The summed E-state index contributed by atoms with van der Waals surface area (Å²) in [5, 5.41) is 0. The Morgan fingerprint density at radius 2 is 1.67 bits per heavy atom. The summed E-state index contributed by atoms with van der Waals surface area (Å²) in [5.74, 6) is 6.91. The summed E-state index contributed by atoms with van der Waals surface area (Å²) in [6.45, 7) is 8.44. The number of thiophene rings is 1. The molecule has 0 bridgehead atoms. The van der Waals surface area contributed by atoms with Gasteiger partial charge in [0.2, 0.25) is 5.91 Å². The average molecular weight is 474 g/mol. The highest BCUT2D eigenvalue weighted by Gasteiger charge is 2.37. The van der Waals surface area contributed by atoms with Gasteiger partial charge in [-0.1, -0.05) is 18.8 Å². The first kappa shape index (κ1) is 25.8. The third-order valence-corrected chi connectivity index (χ3v) is 7.87. The van der Waals surface area contributed by atoms with Crippen molar-refractivity contribution in [1.82, 2.24) is 0 Å². The molecule has 2 saturated carbocycles. The number of rotatable bonds is 5. The van der Waals surface area contributed by atoms with Crippen molar-refractivity contribution >= 4 is 28.9 Å². The monoisotopic (exact) mass is 473 g/mol. The molecule has 0 atom stereocenters. The molecule has 3 rings (SSSR count). The average Bonchev–Trinajstić information content (AvgIpc) is 3.21. The van der Waals surface area contributed by atoms with Crippen LogP contribution in [0.15, 0.2) is 6.07 Å². The quantitative estimate of drug-likeness (QED) is 0.386. The molecule has 0 unspecified atom stereocenters. The van der Waals surface area contributed by atoms with Crippen LogP contribution in [0, 0.1) is 29.1 Å². The number of nitrogens with zero attached hydrogens (tertiary/aromatic N) is 1. The Bertz CT molecular complexity index is 887. The Morgan fingerprint density at radius 1 is 1.03 bits per heavy atom. The number of ether oxygens (including phenoxy) is 2. The van der Waals surface area contributed by atoms with Crippen LogP contribution in [0.2, 0.25) is 0 Å². The minimum absolute atomic E-state index is 0.0101. The number of esters is 1. The lowest BCUT2D eigenvalue weighted by Crippen LogP contribution is -2.47. The van der Waals surface area contributed by atoms with Gasteiger partial charge in [-0.3, -0.25) is 4.79 Å². The smallest absolute Gasteiger partial charge is 0.350 e. The van der Waals surface area contributed by atoms with E-state index in [0.717, 1.165) is 56.2 Å². The minimum atomic E-state index is -0.403. The Kier molecular flexibility index (Phi) is 8.64. The molecule has 33 heavy (non-hydrogen) atoms. The van der Waals surface area contributed by atoms with E-state index in [1.807, 2.05) is 11.0 Å². The highest BCUT2D eigenvalue weighted by Crippen LogP contribution is 2.39. The highest BCUT2D eigenvalue weighted by atomic mass is 32.1. The van der Waals surface area contributed by atoms with Crippen molar-refractivity contribution in [1.29, 1.82) is 0 Å². The van der Waals surface area contributed by atoms with Gasteiger partial charge >= 0.3 is 5.97 Å². The lowest BCUT2D eigenvalue weighted by molar-refractivity contribution is -0.124. The van der Waals surface area contributed by atoms with Crippen molar-refractivity contribution in [3.05, 3.63) is 15.8 Å². The van der Waals surface area contributed by atoms with Crippen LogP contribution >= 0.6 is 11.3 Å². The SMILES string of the molecule is COC(=O)c1sc(C#CC(C)(C)C)cc1N(C(=O)[C@H]1CC[C@H](C)CC1)[C@H]1CC[C@H](OC)CC1. The van der Waals surface area contributed by atoms with Gasteiger partial charge in [-0.2, -0.15) is 0 Å². The molecule has 2 aliphatic carbocycles. The molecule has 5 nitrogen and oxygen atoms in total. The van der Waals surface area contributed by atoms with E-state index in [1.165, 1.54) is 18.4 Å². The largest absolute Gasteiger partial charge is 0.465 e. The Morgan fingerprint density at radius 3 is 2.21 bits per heavy atom. The maximum Gasteiger partial charge on any atom is 0.350 e. The van der Waals surface area contributed by atoms with Crippen molar-refractivity contribution in [3.63, 3.8) is 0 Å². The summed E-state index contributed by atoms with van der Waals surface area (Å²) in [7, 11) is 3.15. The molecule has 0 radical (unpaired) electrons. The summed E-state index contributed by atoms with van der Waals surface area (Å²) in [6.07, 6.45) is 7.80. The molecular weight excluding hydrogens is 434 g/mol. The third-order valence-electron chi connectivity index (χ3n) is 6.85. The zero-order valence-corrected chi connectivity index (χ0v) is 21.8. The van der Waals surface area contributed by atoms with Crippen LogP contribution < -0.4 is 4.90 Å². The van der Waals surface area contributed by atoms with Gasteiger partial charge < -0.3 is 14.4 Å². The van der Waals surface area contributed by atoms with Crippen molar-refractivity contribution in [2.75, 3.05) is 19.1 Å². The Hall–Kier alpha value is -1.84. The molecule has 1 heterocycles. The first-order valence-electron chi connectivity index (χ1n) is 12.2. The molecular formula is C27H39NO4S. The van der Waals surface area contributed by atoms with Gasteiger partial charge in [-0.25, -0.2) is 4.79 Å². The number of carbonyl (C=O) groups is 2. The van der Waals surface area contributed by atoms with E-state index >= 15 is 0 Å². The molecule has 1 amide bonds. The second-order valence-corrected chi connectivity index (χ2v) is 11.7. The zero-order valence-electron chi connectivity index (χ0n) is 21.0. The van der Waals surface area contributed by atoms with Crippen molar-refractivity contribution in [2.45, 2.75) is 91.2 Å². The van der Waals surface area contributed by atoms with Gasteiger partial charge in [-0.05, 0) is 84.1 Å². The van der Waals surface area contributed by atoms with Crippen LogP contribution in [0.1, 0.15) is 93.6 Å². The van der Waals surface area contributed by atoms with E-state index in [1.54, 1.807) is 7.11 Å². The Labute approximate surface area is 203 Å². The summed E-state index contributed by atoms with van der Waals surface area (Å²) >= 11 is 1.33. The van der Waals surface area contributed by atoms with Gasteiger partial charge in [0, 0.05) is 24.5 Å². The van der Waals surface area contributed by atoms with Crippen LogP contribution in [-0.4, -0.2) is 38.2 Å². The number of hydrogen-bond acceptors (Lipinski definition) is 5. The summed E-state index contributed by atoms with van der Waals surface area (Å²) < 4.78 is 10.7. The summed E-state index contributed by atoms with van der Waals surface area (Å²) in [4.78, 5) is 29.9. The van der Waals surface area contributed by atoms with E-state index in [0.29, 0.717) is 16.5 Å². The van der Waals surface area contributed by atoms with E-state index in [9.17, 15) is 9.59 Å². The number of methoxy groups -OCH3 is 2. The molecule has 1 aromatic rings. The summed E-state index contributed by atoms with van der Waals surface area (Å²) in [5.41, 5.74) is 0.525. The fraction of sp³-hybridized carbons (Fsp3) is 0.704. The molecule has 2 aliphatic rings.